The smallest absolute Gasteiger partial charge is 0.245 e. The number of hydrogen-bond donors (Lipinski definition) is 1. The first kappa shape index (κ1) is 15.4. The van der Waals surface area contributed by atoms with Gasteiger partial charge in [0, 0.05) is 12.1 Å². The van der Waals surface area contributed by atoms with Gasteiger partial charge in [0.2, 0.25) is 5.91 Å². The van der Waals surface area contributed by atoms with Crippen LogP contribution in [0.1, 0.15) is 18.5 Å². The Hall–Kier alpha value is -3.16. The van der Waals surface area contributed by atoms with Crippen molar-refractivity contribution in [2.24, 2.45) is 0 Å². The summed E-state index contributed by atoms with van der Waals surface area (Å²) < 4.78 is 7.46. The number of rotatable bonds is 2. The standard InChI is InChI=1S/C17H18N6O2/c1-11(23-10-21-14-15(18)19-9-20-16(14)23)17(24)22-6-7-25-13-5-3-2-4-12(13)8-22/h2-5,9-11H,6-8H2,1H3,(H2,18,19,20). The van der Waals surface area contributed by atoms with Gasteiger partial charge in [0.1, 0.15) is 30.2 Å². The van der Waals surface area contributed by atoms with Crippen LogP contribution in [0.25, 0.3) is 11.2 Å². The van der Waals surface area contributed by atoms with Crippen LogP contribution in [0.15, 0.2) is 36.9 Å². The molecule has 0 saturated carbocycles. The van der Waals surface area contributed by atoms with Crippen LogP contribution in [0.3, 0.4) is 0 Å². The molecule has 0 aliphatic carbocycles. The SMILES string of the molecule is CC(C(=O)N1CCOc2ccccc2C1)n1cnc2c(N)ncnc21. The quantitative estimate of drug-likeness (QED) is 0.758. The first-order valence-corrected chi connectivity index (χ1v) is 8.07. The van der Waals surface area contributed by atoms with E-state index in [0.29, 0.717) is 36.7 Å². The second-order valence-electron chi connectivity index (χ2n) is 5.97. The van der Waals surface area contributed by atoms with Gasteiger partial charge in [-0.15, -0.1) is 0 Å². The van der Waals surface area contributed by atoms with Crippen LogP contribution in [0, 0.1) is 0 Å². The topological polar surface area (TPSA) is 99.2 Å². The Morgan fingerprint density at radius 1 is 1.28 bits per heavy atom. The summed E-state index contributed by atoms with van der Waals surface area (Å²) in [6.45, 7) is 3.35. The predicted molar refractivity (Wildman–Crippen MR) is 91.8 cm³/mol. The normalized spacial score (nSPS) is 15.3. The number of hydrogen-bond acceptors (Lipinski definition) is 6. The van der Waals surface area contributed by atoms with Gasteiger partial charge >= 0.3 is 0 Å². The van der Waals surface area contributed by atoms with Gasteiger partial charge in [-0.25, -0.2) is 15.0 Å². The molecule has 1 aromatic carbocycles. The molecule has 1 amide bonds. The predicted octanol–water partition coefficient (Wildman–Crippen LogP) is 1.39. The Morgan fingerprint density at radius 2 is 2.12 bits per heavy atom. The summed E-state index contributed by atoms with van der Waals surface area (Å²) in [7, 11) is 0. The number of carbonyl (C=O) groups is 1. The lowest BCUT2D eigenvalue weighted by molar-refractivity contribution is -0.135. The molecule has 3 aromatic rings. The molecule has 2 aromatic heterocycles. The molecule has 1 atom stereocenters. The molecule has 8 heteroatoms. The molecular formula is C17H18N6O2. The van der Waals surface area contributed by atoms with Crippen LogP contribution in [-0.2, 0) is 11.3 Å². The molecule has 25 heavy (non-hydrogen) atoms. The third kappa shape index (κ3) is 2.65. The van der Waals surface area contributed by atoms with Crippen molar-refractivity contribution in [1.82, 2.24) is 24.4 Å². The Morgan fingerprint density at radius 3 is 3.00 bits per heavy atom. The number of anilines is 1. The maximum absolute atomic E-state index is 13.0. The number of nitrogens with two attached hydrogens (primary N) is 1. The van der Waals surface area contributed by atoms with Crippen molar-refractivity contribution in [3.63, 3.8) is 0 Å². The molecule has 0 spiro atoms. The minimum absolute atomic E-state index is 0.0169. The van der Waals surface area contributed by atoms with Crippen molar-refractivity contribution in [2.75, 3.05) is 18.9 Å². The van der Waals surface area contributed by atoms with E-state index in [2.05, 4.69) is 15.0 Å². The van der Waals surface area contributed by atoms with Crippen LogP contribution >= 0.6 is 0 Å². The van der Waals surface area contributed by atoms with E-state index in [1.807, 2.05) is 31.2 Å². The maximum Gasteiger partial charge on any atom is 0.245 e. The van der Waals surface area contributed by atoms with Crippen LogP contribution in [-0.4, -0.2) is 43.5 Å². The zero-order valence-corrected chi connectivity index (χ0v) is 13.8. The lowest BCUT2D eigenvalue weighted by atomic mass is 10.2. The second kappa shape index (κ2) is 6.04. The third-order valence-corrected chi connectivity index (χ3v) is 4.43. The van der Waals surface area contributed by atoms with E-state index in [1.54, 1.807) is 15.8 Å². The van der Waals surface area contributed by atoms with E-state index < -0.39 is 6.04 Å². The minimum atomic E-state index is -0.454. The van der Waals surface area contributed by atoms with Gasteiger partial charge in [-0.1, -0.05) is 18.2 Å². The lowest BCUT2D eigenvalue weighted by Gasteiger charge is -2.24. The fraction of sp³-hybridized carbons (Fsp3) is 0.294. The molecule has 1 aliphatic heterocycles. The molecule has 0 saturated heterocycles. The van der Waals surface area contributed by atoms with Gasteiger partial charge in [0.15, 0.2) is 11.5 Å². The summed E-state index contributed by atoms with van der Waals surface area (Å²) in [5.74, 6) is 1.12. The first-order valence-electron chi connectivity index (χ1n) is 8.07. The third-order valence-electron chi connectivity index (χ3n) is 4.43. The molecule has 3 heterocycles. The fourth-order valence-corrected chi connectivity index (χ4v) is 3.05. The van der Waals surface area contributed by atoms with E-state index in [0.717, 1.165) is 11.3 Å². The minimum Gasteiger partial charge on any atom is -0.491 e. The van der Waals surface area contributed by atoms with Gasteiger partial charge in [-0.2, -0.15) is 0 Å². The molecule has 0 radical (unpaired) electrons. The van der Waals surface area contributed by atoms with Crippen LogP contribution in [0.2, 0.25) is 0 Å². The summed E-state index contributed by atoms with van der Waals surface area (Å²) in [6.07, 6.45) is 2.96. The number of nitrogen functional groups attached to an aromatic ring is 1. The lowest BCUT2D eigenvalue weighted by Crippen LogP contribution is -2.37. The number of nitrogens with zero attached hydrogens (tertiary/aromatic N) is 5. The molecule has 4 rings (SSSR count). The highest BCUT2D eigenvalue weighted by Crippen LogP contribution is 2.25. The molecule has 128 valence electrons. The van der Waals surface area contributed by atoms with E-state index in [9.17, 15) is 4.79 Å². The zero-order chi connectivity index (χ0) is 17.4. The fourth-order valence-electron chi connectivity index (χ4n) is 3.05. The molecule has 1 aliphatic rings. The Bertz CT molecular complexity index is 938. The number of ether oxygens (including phenoxy) is 1. The van der Waals surface area contributed by atoms with E-state index in [-0.39, 0.29) is 5.91 Å². The van der Waals surface area contributed by atoms with Crippen molar-refractivity contribution in [3.8, 4) is 5.75 Å². The molecule has 1 unspecified atom stereocenters. The van der Waals surface area contributed by atoms with E-state index in [1.165, 1.54) is 6.33 Å². The van der Waals surface area contributed by atoms with Crippen LogP contribution in [0.5, 0.6) is 5.75 Å². The highest BCUT2D eigenvalue weighted by molar-refractivity contribution is 5.85. The molecule has 0 bridgehead atoms. The summed E-state index contributed by atoms with van der Waals surface area (Å²) in [4.78, 5) is 27.2. The van der Waals surface area contributed by atoms with Gasteiger partial charge < -0.3 is 19.9 Å². The van der Waals surface area contributed by atoms with Crippen LogP contribution in [0.4, 0.5) is 5.82 Å². The largest absolute Gasteiger partial charge is 0.491 e. The highest BCUT2D eigenvalue weighted by Gasteiger charge is 2.26. The zero-order valence-electron chi connectivity index (χ0n) is 13.8. The number of fused-ring (bicyclic) bond motifs is 2. The number of carbonyl (C=O) groups excluding carboxylic acids is 1. The summed E-state index contributed by atoms with van der Waals surface area (Å²) >= 11 is 0. The Kier molecular flexibility index (Phi) is 3.72. The molecule has 8 nitrogen and oxygen atoms in total. The van der Waals surface area contributed by atoms with Gasteiger partial charge in [-0.3, -0.25) is 4.79 Å². The Balaban J connectivity index is 1.63. The molecule has 2 N–H and O–H groups in total. The average Bonchev–Trinajstić information content (AvgIpc) is 2.94. The number of imidazole rings is 1. The van der Waals surface area contributed by atoms with E-state index in [4.69, 9.17) is 10.5 Å². The van der Waals surface area contributed by atoms with Crippen LogP contribution < -0.4 is 10.5 Å². The summed E-state index contributed by atoms with van der Waals surface area (Å²) in [5.41, 5.74) is 7.89. The molecular weight excluding hydrogens is 320 g/mol. The monoisotopic (exact) mass is 338 g/mol. The highest BCUT2D eigenvalue weighted by atomic mass is 16.5. The van der Waals surface area contributed by atoms with Crippen molar-refractivity contribution >= 4 is 22.9 Å². The number of benzene rings is 1. The first-order chi connectivity index (χ1) is 12.1. The number of amides is 1. The van der Waals surface area contributed by atoms with Gasteiger partial charge in [0.05, 0.1) is 12.9 Å². The van der Waals surface area contributed by atoms with E-state index >= 15 is 0 Å². The Labute approximate surface area is 144 Å². The molecule has 0 fully saturated rings. The number of aromatic nitrogens is 4. The summed E-state index contributed by atoms with van der Waals surface area (Å²) in [6, 6.07) is 7.33. The van der Waals surface area contributed by atoms with Crippen molar-refractivity contribution in [2.45, 2.75) is 19.5 Å². The average molecular weight is 338 g/mol. The van der Waals surface area contributed by atoms with Crippen molar-refractivity contribution in [3.05, 3.63) is 42.5 Å². The van der Waals surface area contributed by atoms with Gasteiger partial charge in [-0.05, 0) is 13.0 Å². The van der Waals surface area contributed by atoms with Crippen molar-refractivity contribution < 1.29 is 9.53 Å². The number of para-hydroxylation sites is 1. The van der Waals surface area contributed by atoms with Gasteiger partial charge in [0.25, 0.3) is 0 Å². The summed E-state index contributed by atoms with van der Waals surface area (Å²) in [5, 5.41) is 0. The second-order valence-corrected chi connectivity index (χ2v) is 5.97. The van der Waals surface area contributed by atoms with Crippen molar-refractivity contribution in [1.29, 1.82) is 0 Å². The maximum atomic E-state index is 13.0.